The van der Waals surface area contributed by atoms with Gasteiger partial charge in [0.2, 0.25) is 0 Å². The van der Waals surface area contributed by atoms with Gasteiger partial charge >= 0.3 is 5.97 Å². The second-order valence-electron chi connectivity index (χ2n) is 6.10. The van der Waals surface area contributed by atoms with E-state index in [1.807, 2.05) is 33.8 Å². The van der Waals surface area contributed by atoms with Crippen molar-refractivity contribution in [2.45, 2.75) is 27.7 Å². The number of carbonyl (C=O) groups is 2. The predicted octanol–water partition coefficient (Wildman–Crippen LogP) is 3.95. The van der Waals surface area contributed by atoms with Crippen molar-refractivity contribution in [1.29, 1.82) is 0 Å². The van der Waals surface area contributed by atoms with E-state index in [1.54, 1.807) is 36.4 Å². The first-order valence-electron chi connectivity index (χ1n) is 7.72. The molecule has 0 unspecified atom stereocenters. The summed E-state index contributed by atoms with van der Waals surface area (Å²) in [7, 11) is 0. The molecule has 0 saturated heterocycles. The Morgan fingerprint density at radius 1 is 0.957 bits per heavy atom. The number of hydrogen-bond donors (Lipinski definition) is 0. The van der Waals surface area contributed by atoms with Crippen molar-refractivity contribution >= 4 is 17.5 Å². The van der Waals surface area contributed by atoms with Crippen LogP contribution in [-0.2, 0) is 9.63 Å². The fraction of sp³-hybridized carbons (Fsp3) is 0.316. The lowest BCUT2D eigenvalue weighted by atomic mass is 9.84. The van der Waals surface area contributed by atoms with E-state index in [1.165, 1.54) is 0 Å². The van der Waals surface area contributed by atoms with E-state index >= 15 is 0 Å². The van der Waals surface area contributed by atoms with Gasteiger partial charge in [-0.3, -0.25) is 4.79 Å². The molecule has 0 atom stereocenters. The molecule has 23 heavy (non-hydrogen) atoms. The lowest BCUT2D eigenvalue weighted by Gasteiger charge is -2.19. The Morgan fingerprint density at radius 2 is 1.48 bits per heavy atom. The van der Waals surface area contributed by atoms with Crippen LogP contribution in [0.15, 0.2) is 58.8 Å². The highest BCUT2D eigenvalue weighted by atomic mass is 16.7. The molecule has 0 saturated carbocycles. The van der Waals surface area contributed by atoms with Crippen molar-refractivity contribution in [1.82, 2.24) is 0 Å². The number of nitrogens with zero attached hydrogens (tertiary/aromatic N) is 1. The number of oxime groups is 1. The van der Waals surface area contributed by atoms with Crippen molar-refractivity contribution in [3.8, 4) is 0 Å². The monoisotopic (exact) mass is 311 g/mol. The lowest BCUT2D eigenvalue weighted by molar-refractivity contribution is -0.113. The van der Waals surface area contributed by atoms with Crippen molar-refractivity contribution < 1.29 is 14.4 Å². The number of ketones is 1. The zero-order valence-electron chi connectivity index (χ0n) is 13.9. The van der Waals surface area contributed by atoms with Gasteiger partial charge in [-0.05, 0) is 36.1 Å². The standard InChI is InChI=1S/C19H21NO3/c1-12(2)16-10-15(11-17(13(3)4)18(16)21)20-23-19(22)14-8-6-5-7-9-14/h5-13H,1-4H3. The first kappa shape index (κ1) is 16.9. The van der Waals surface area contributed by atoms with Crippen LogP contribution < -0.4 is 0 Å². The first-order chi connectivity index (χ1) is 10.9. The molecule has 0 aliphatic heterocycles. The van der Waals surface area contributed by atoms with Crippen LogP contribution in [-0.4, -0.2) is 17.5 Å². The van der Waals surface area contributed by atoms with Crippen molar-refractivity contribution in [3.63, 3.8) is 0 Å². The van der Waals surface area contributed by atoms with E-state index in [9.17, 15) is 9.59 Å². The van der Waals surface area contributed by atoms with Crippen LogP contribution >= 0.6 is 0 Å². The maximum atomic E-state index is 12.4. The summed E-state index contributed by atoms with van der Waals surface area (Å²) in [5.74, 6) is -0.308. The second kappa shape index (κ2) is 7.18. The topological polar surface area (TPSA) is 55.7 Å². The van der Waals surface area contributed by atoms with Gasteiger partial charge in [-0.15, -0.1) is 0 Å². The molecule has 1 aromatic carbocycles. The second-order valence-corrected chi connectivity index (χ2v) is 6.10. The zero-order valence-corrected chi connectivity index (χ0v) is 13.9. The predicted molar refractivity (Wildman–Crippen MR) is 90.1 cm³/mol. The van der Waals surface area contributed by atoms with Gasteiger partial charge in [0.05, 0.1) is 5.56 Å². The number of rotatable bonds is 4. The van der Waals surface area contributed by atoms with E-state index in [2.05, 4.69) is 5.16 Å². The van der Waals surface area contributed by atoms with Gasteiger partial charge in [0.15, 0.2) is 5.78 Å². The summed E-state index contributed by atoms with van der Waals surface area (Å²) in [5.41, 5.74) is 2.29. The van der Waals surface area contributed by atoms with Crippen molar-refractivity contribution in [3.05, 3.63) is 59.2 Å². The maximum Gasteiger partial charge on any atom is 0.365 e. The Labute approximate surface area is 136 Å². The molecule has 4 nitrogen and oxygen atoms in total. The molecule has 120 valence electrons. The Hall–Kier alpha value is -2.49. The zero-order chi connectivity index (χ0) is 17.0. The van der Waals surface area contributed by atoms with E-state index in [4.69, 9.17) is 4.84 Å². The number of hydrogen-bond acceptors (Lipinski definition) is 4. The van der Waals surface area contributed by atoms with Gasteiger partial charge in [0, 0.05) is 11.1 Å². The molecule has 0 N–H and O–H groups in total. The normalized spacial score (nSPS) is 14.7. The van der Waals surface area contributed by atoms with Crippen LogP contribution in [0.1, 0.15) is 38.1 Å². The minimum absolute atomic E-state index is 0.0448. The molecule has 0 radical (unpaired) electrons. The van der Waals surface area contributed by atoms with Gasteiger partial charge < -0.3 is 4.84 Å². The number of carbonyl (C=O) groups excluding carboxylic acids is 2. The Balaban J connectivity index is 2.26. The molecule has 0 aromatic heterocycles. The molecule has 1 aliphatic rings. The summed E-state index contributed by atoms with van der Waals surface area (Å²) in [6.45, 7) is 7.84. The average molecular weight is 311 g/mol. The van der Waals surface area contributed by atoms with Crippen LogP contribution in [0.2, 0.25) is 0 Å². The summed E-state index contributed by atoms with van der Waals surface area (Å²) in [4.78, 5) is 29.4. The van der Waals surface area contributed by atoms with Crippen molar-refractivity contribution in [2.75, 3.05) is 0 Å². The quantitative estimate of drug-likeness (QED) is 0.480. The first-order valence-corrected chi connectivity index (χ1v) is 7.72. The van der Waals surface area contributed by atoms with Crippen LogP contribution in [0, 0.1) is 11.8 Å². The van der Waals surface area contributed by atoms with Gasteiger partial charge in [-0.1, -0.05) is 51.0 Å². The maximum absolute atomic E-state index is 12.4. The van der Waals surface area contributed by atoms with Gasteiger partial charge in [-0.25, -0.2) is 4.79 Å². The fourth-order valence-electron chi connectivity index (χ4n) is 2.29. The number of benzene rings is 1. The molecular weight excluding hydrogens is 290 g/mol. The smallest absolute Gasteiger partial charge is 0.312 e. The van der Waals surface area contributed by atoms with Crippen LogP contribution in [0.4, 0.5) is 0 Å². The Morgan fingerprint density at radius 3 is 1.96 bits per heavy atom. The number of Topliss-reactive ketones (excluding diaryl/α,β-unsaturated/α-hetero) is 1. The van der Waals surface area contributed by atoms with E-state index in [0.29, 0.717) is 22.4 Å². The van der Waals surface area contributed by atoms with Crippen LogP contribution in [0.5, 0.6) is 0 Å². The lowest BCUT2D eigenvalue weighted by Crippen LogP contribution is -2.21. The molecule has 0 spiro atoms. The fourth-order valence-corrected chi connectivity index (χ4v) is 2.29. The molecule has 1 aliphatic carbocycles. The summed E-state index contributed by atoms with van der Waals surface area (Å²) in [5, 5.41) is 3.92. The molecule has 0 heterocycles. The van der Waals surface area contributed by atoms with E-state index in [-0.39, 0.29) is 17.6 Å². The SMILES string of the molecule is CC(C)C1=CC(=NOC(=O)c2ccccc2)C=C(C(C)C)C1=O. The van der Waals surface area contributed by atoms with Gasteiger partial charge in [0.1, 0.15) is 5.71 Å². The summed E-state index contributed by atoms with van der Waals surface area (Å²) in [6.07, 6.45) is 3.38. The van der Waals surface area contributed by atoms with E-state index in [0.717, 1.165) is 0 Å². The van der Waals surface area contributed by atoms with E-state index < -0.39 is 5.97 Å². The molecule has 1 aromatic rings. The Bertz CT molecular complexity index is 665. The summed E-state index contributed by atoms with van der Waals surface area (Å²) >= 11 is 0. The highest BCUT2D eigenvalue weighted by Gasteiger charge is 2.25. The van der Waals surface area contributed by atoms with Crippen molar-refractivity contribution in [2.24, 2.45) is 17.0 Å². The highest BCUT2D eigenvalue weighted by molar-refractivity contribution is 6.22. The summed E-state index contributed by atoms with van der Waals surface area (Å²) < 4.78 is 0. The molecule has 0 amide bonds. The van der Waals surface area contributed by atoms with Gasteiger partial charge in [-0.2, -0.15) is 0 Å². The third-order valence-electron chi connectivity index (χ3n) is 3.62. The largest absolute Gasteiger partial charge is 0.365 e. The molecule has 0 fully saturated rings. The molecule has 4 heteroatoms. The van der Waals surface area contributed by atoms with Crippen LogP contribution in [0.3, 0.4) is 0 Å². The minimum Gasteiger partial charge on any atom is -0.312 e. The summed E-state index contributed by atoms with van der Waals surface area (Å²) in [6, 6.07) is 8.67. The third kappa shape index (κ3) is 4.03. The highest BCUT2D eigenvalue weighted by Crippen LogP contribution is 2.25. The van der Waals surface area contributed by atoms with Gasteiger partial charge in [0.25, 0.3) is 0 Å². The average Bonchev–Trinajstić information content (AvgIpc) is 2.53. The Kier molecular flexibility index (Phi) is 5.27. The third-order valence-corrected chi connectivity index (χ3v) is 3.62. The minimum atomic E-state index is -0.519. The molecule has 2 rings (SSSR count). The van der Waals surface area contributed by atoms with Crippen LogP contribution in [0.25, 0.3) is 0 Å². The number of allylic oxidation sites excluding steroid dienone is 4. The molecular formula is C19H21NO3. The molecule has 0 bridgehead atoms.